The molecule has 0 bridgehead atoms. The summed E-state index contributed by atoms with van der Waals surface area (Å²) in [7, 11) is -4.05. The lowest BCUT2D eigenvalue weighted by molar-refractivity contribution is -0.387. The van der Waals surface area contributed by atoms with E-state index in [1.807, 2.05) is 4.72 Å². The Balaban J connectivity index is 3.08. The first-order valence-corrected chi connectivity index (χ1v) is 6.15. The van der Waals surface area contributed by atoms with E-state index in [2.05, 4.69) is 0 Å². The largest absolute Gasteiger partial charge is 0.304 e. The average Bonchev–Trinajstić information content (AvgIpc) is 2.26. The predicted octanol–water partition coefficient (Wildman–Crippen LogP) is 0.601. The van der Waals surface area contributed by atoms with Crippen LogP contribution in [0.25, 0.3) is 0 Å². The normalized spacial score (nSPS) is 11.2. The molecule has 0 saturated carbocycles. The lowest BCUT2D eigenvalue weighted by Crippen LogP contribution is -2.28. The molecule has 98 valence electrons. The number of ketones is 1. The van der Waals surface area contributed by atoms with Gasteiger partial charge in [0.05, 0.1) is 16.4 Å². The van der Waals surface area contributed by atoms with Gasteiger partial charge in [-0.1, -0.05) is 0 Å². The third kappa shape index (κ3) is 3.31. The fraction of sp³-hybridized carbons (Fsp3) is 0.222. The van der Waals surface area contributed by atoms with Crippen LogP contribution in [0.2, 0.25) is 0 Å². The van der Waals surface area contributed by atoms with Crippen LogP contribution in [0.5, 0.6) is 0 Å². The molecule has 0 heterocycles. The van der Waals surface area contributed by atoms with Gasteiger partial charge in [0.2, 0.25) is 15.8 Å². The van der Waals surface area contributed by atoms with E-state index in [0.29, 0.717) is 6.07 Å². The van der Waals surface area contributed by atoms with Gasteiger partial charge >= 0.3 is 5.69 Å². The van der Waals surface area contributed by atoms with Gasteiger partial charge in [0, 0.05) is 12.1 Å². The first-order valence-electron chi connectivity index (χ1n) is 4.67. The van der Waals surface area contributed by atoms with Crippen LogP contribution >= 0.6 is 0 Å². The SMILES string of the molecule is CC(=O)CNS(=O)(=O)c1ccc([N+](=O)[O-])c(F)c1. The van der Waals surface area contributed by atoms with Crippen LogP contribution in [-0.4, -0.2) is 25.7 Å². The molecule has 7 nitrogen and oxygen atoms in total. The lowest BCUT2D eigenvalue weighted by atomic mass is 10.3. The molecular formula is C9H9FN2O5S. The highest BCUT2D eigenvalue weighted by molar-refractivity contribution is 7.89. The summed E-state index contributed by atoms with van der Waals surface area (Å²) in [6.07, 6.45) is 0. The van der Waals surface area contributed by atoms with E-state index in [1.165, 1.54) is 6.92 Å². The lowest BCUT2D eigenvalue weighted by Gasteiger charge is -2.05. The zero-order valence-corrected chi connectivity index (χ0v) is 10.0. The number of rotatable bonds is 5. The van der Waals surface area contributed by atoms with E-state index in [-0.39, 0.29) is 0 Å². The summed E-state index contributed by atoms with van der Waals surface area (Å²) in [4.78, 5) is 19.6. The topological polar surface area (TPSA) is 106 Å². The Bertz CT molecular complexity index is 599. The number of nitrogens with zero attached hydrogens (tertiary/aromatic N) is 1. The number of nitro benzene ring substituents is 1. The number of halogens is 1. The number of benzene rings is 1. The van der Waals surface area contributed by atoms with Gasteiger partial charge in [-0.2, -0.15) is 4.39 Å². The number of carbonyl (C=O) groups excluding carboxylic acids is 1. The van der Waals surface area contributed by atoms with Crippen molar-refractivity contribution in [3.8, 4) is 0 Å². The maximum absolute atomic E-state index is 13.2. The minimum Gasteiger partial charge on any atom is -0.299 e. The zero-order chi connectivity index (χ0) is 13.9. The van der Waals surface area contributed by atoms with Gasteiger partial charge in [-0.3, -0.25) is 14.9 Å². The maximum Gasteiger partial charge on any atom is 0.304 e. The monoisotopic (exact) mass is 276 g/mol. The highest BCUT2D eigenvalue weighted by Gasteiger charge is 2.20. The van der Waals surface area contributed by atoms with Crippen LogP contribution < -0.4 is 4.72 Å². The average molecular weight is 276 g/mol. The zero-order valence-electron chi connectivity index (χ0n) is 9.21. The van der Waals surface area contributed by atoms with Crippen LogP contribution in [0, 0.1) is 15.9 Å². The molecule has 0 aromatic heterocycles. The van der Waals surface area contributed by atoms with Crippen molar-refractivity contribution in [2.45, 2.75) is 11.8 Å². The molecule has 1 aromatic rings. The van der Waals surface area contributed by atoms with Gasteiger partial charge in [0.15, 0.2) is 0 Å². The molecule has 0 aliphatic rings. The fourth-order valence-corrected chi connectivity index (χ4v) is 2.15. The Morgan fingerprint density at radius 2 is 2.11 bits per heavy atom. The number of hydrogen-bond donors (Lipinski definition) is 1. The molecule has 0 atom stereocenters. The molecule has 9 heteroatoms. The molecule has 0 saturated heterocycles. The van der Waals surface area contributed by atoms with Gasteiger partial charge in [-0.25, -0.2) is 13.1 Å². The van der Waals surface area contributed by atoms with Crippen LogP contribution in [-0.2, 0) is 14.8 Å². The third-order valence-electron chi connectivity index (χ3n) is 1.94. The molecule has 0 spiro atoms. The van der Waals surface area contributed by atoms with E-state index in [1.54, 1.807) is 0 Å². The van der Waals surface area contributed by atoms with E-state index in [9.17, 15) is 27.7 Å². The van der Waals surface area contributed by atoms with Crippen molar-refractivity contribution in [2.24, 2.45) is 0 Å². The Hall–Kier alpha value is -1.87. The second-order valence-corrected chi connectivity index (χ2v) is 5.16. The Labute approximate surface area is 102 Å². The molecule has 18 heavy (non-hydrogen) atoms. The standard InChI is InChI=1S/C9H9FN2O5S/c1-6(13)5-11-18(16,17)7-2-3-9(12(14)15)8(10)4-7/h2-4,11H,5H2,1H3. The van der Waals surface area contributed by atoms with Crippen molar-refractivity contribution in [3.05, 3.63) is 34.1 Å². The highest BCUT2D eigenvalue weighted by atomic mass is 32.2. The van der Waals surface area contributed by atoms with Gasteiger partial charge in [0.25, 0.3) is 0 Å². The van der Waals surface area contributed by atoms with E-state index in [0.717, 1.165) is 12.1 Å². The fourth-order valence-electron chi connectivity index (χ4n) is 1.08. The molecule has 0 radical (unpaired) electrons. The van der Waals surface area contributed by atoms with Crippen molar-refractivity contribution in [1.29, 1.82) is 0 Å². The Morgan fingerprint density at radius 3 is 2.56 bits per heavy atom. The second-order valence-electron chi connectivity index (χ2n) is 3.40. The van der Waals surface area contributed by atoms with Crippen LogP contribution in [0.1, 0.15) is 6.92 Å². The van der Waals surface area contributed by atoms with Crippen molar-refractivity contribution in [2.75, 3.05) is 6.54 Å². The number of sulfonamides is 1. The molecule has 1 N–H and O–H groups in total. The number of hydrogen-bond acceptors (Lipinski definition) is 5. The quantitative estimate of drug-likeness (QED) is 0.626. The number of carbonyl (C=O) groups is 1. The van der Waals surface area contributed by atoms with Crippen molar-refractivity contribution >= 4 is 21.5 Å². The first kappa shape index (κ1) is 14.2. The van der Waals surface area contributed by atoms with Gasteiger partial charge in [0.1, 0.15) is 5.78 Å². The number of nitrogens with one attached hydrogen (secondary N) is 1. The maximum atomic E-state index is 13.2. The van der Waals surface area contributed by atoms with Crippen molar-refractivity contribution < 1.29 is 22.5 Å². The summed E-state index contributed by atoms with van der Waals surface area (Å²) < 4.78 is 38.3. The van der Waals surface area contributed by atoms with Crippen LogP contribution in [0.3, 0.4) is 0 Å². The number of Topliss-reactive ketones (excluding diaryl/α,β-unsaturated/α-hetero) is 1. The molecule has 0 unspecified atom stereocenters. The minimum atomic E-state index is -4.05. The molecule has 0 fully saturated rings. The predicted molar refractivity (Wildman–Crippen MR) is 58.9 cm³/mol. The number of nitro groups is 1. The Kier molecular flexibility index (Phi) is 4.09. The third-order valence-corrected chi connectivity index (χ3v) is 3.34. The molecule has 0 amide bonds. The first-order chi connectivity index (χ1) is 8.24. The molecule has 0 aliphatic heterocycles. The van der Waals surface area contributed by atoms with Crippen LogP contribution in [0.15, 0.2) is 23.1 Å². The van der Waals surface area contributed by atoms with Gasteiger partial charge < -0.3 is 0 Å². The van der Waals surface area contributed by atoms with Crippen molar-refractivity contribution in [1.82, 2.24) is 4.72 Å². The minimum absolute atomic E-state index is 0.416. The summed E-state index contributed by atoms with van der Waals surface area (Å²) in [5.74, 6) is -1.67. The second kappa shape index (κ2) is 5.19. The molecule has 1 rings (SSSR count). The van der Waals surface area contributed by atoms with E-state index < -0.39 is 43.7 Å². The summed E-state index contributed by atoms with van der Waals surface area (Å²) >= 11 is 0. The summed E-state index contributed by atoms with van der Waals surface area (Å²) in [6, 6.07) is 2.17. The summed E-state index contributed by atoms with van der Waals surface area (Å²) in [5.41, 5.74) is -0.819. The van der Waals surface area contributed by atoms with Crippen molar-refractivity contribution in [3.63, 3.8) is 0 Å². The molecule has 0 aliphatic carbocycles. The molecule has 1 aromatic carbocycles. The van der Waals surface area contributed by atoms with Gasteiger partial charge in [-0.15, -0.1) is 0 Å². The summed E-state index contributed by atoms with van der Waals surface area (Å²) in [5, 5.41) is 10.4. The van der Waals surface area contributed by atoms with E-state index in [4.69, 9.17) is 0 Å². The van der Waals surface area contributed by atoms with Gasteiger partial charge in [-0.05, 0) is 13.0 Å². The van der Waals surface area contributed by atoms with Crippen LogP contribution in [0.4, 0.5) is 10.1 Å². The summed E-state index contributed by atoms with van der Waals surface area (Å²) in [6.45, 7) is 0.750. The smallest absolute Gasteiger partial charge is 0.299 e. The Morgan fingerprint density at radius 1 is 1.50 bits per heavy atom. The molecular weight excluding hydrogens is 267 g/mol. The van der Waals surface area contributed by atoms with E-state index >= 15 is 0 Å². The highest BCUT2D eigenvalue weighted by Crippen LogP contribution is 2.20.